The minimum absolute atomic E-state index is 0.193. The Morgan fingerprint density at radius 2 is 1.95 bits per heavy atom. The molecule has 0 saturated carbocycles. The molecule has 110 valence electrons. The Bertz CT molecular complexity index is 655. The lowest BCUT2D eigenvalue weighted by atomic mass is 10.0. The van der Waals surface area contributed by atoms with Gasteiger partial charge in [0.15, 0.2) is 6.23 Å². The summed E-state index contributed by atoms with van der Waals surface area (Å²) in [6.07, 6.45) is -0.694. The van der Waals surface area contributed by atoms with Gasteiger partial charge in [0.2, 0.25) is 5.91 Å². The highest BCUT2D eigenvalue weighted by molar-refractivity contribution is 6.05. The number of hydrogen-bond donors (Lipinski definition) is 1. The second-order valence-electron chi connectivity index (χ2n) is 5.52. The van der Waals surface area contributed by atoms with E-state index in [0.29, 0.717) is 11.1 Å². The molecule has 0 bridgehead atoms. The molecule has 0 spiro atoms. The number of hydrogen-bond acceptors (Lipinski definition) is 4. The fraction of sp³-hybridized carbons (Fsp3) is 0.400. The van der Waals surface area contributed by atoms with Crippen molar-refractivity contribution in [2.75, 3.05) is 7.05 Å². The molecular weight excluding hydrogens is 272 g/mol. The SMILES string of the molecule is Cc1ccc2c(c1)C(=O)N(C1CCC(=O)N(C)C1=O)C2O. The molecule has 2 heterocycles. The van der Waals surface area contributed by atoms with Crippen LogP contribution in [-0.4, -0.2) is 45.7 Å². The molecule has 1 aromatic rings. The smallest absolute Gasteiger partial charge is 0.257 e. The summed E-state index contributed by atoms with van der Waals surface area (Å²) in [5.74, 6) is -1.06. The lowest BCUT2D eigenvalue weighted by Gasteiger charge is -2.35. The molecule has 2 atom stereocenters. The van der Waals surface area contributed by atoms with Crippen LogP contribution in [0.15, 0.2) is 18.2 Å². The van der Waals surface area contributed by atoms with Gasteiger partial charge in [0.25, 0.3) is 11.8 Å². The van der Waals surface area contributed by atoms with E-state index in [4.69, 9.17) is 0 Å². The van der Waals surface area contributed by atoms with Crippen LogP contribution in [-0.2, 0) is 9.59 Å². The van der Waals surface area contributed by atoms with E-state index in [-0.39, 0.29) is 24.7 Å². The van der Waals surface area contributed by atoms with E-state index in [0.717, 1.165) is 10.5 Å². The summed E-state index contributed by atoms with van der Waals surface area (Å²) in [5.41, 5.74) is 1.85. The van der Waals surface area contributed by atoms with Gasteiger partial charge >= 0.3 is 0 Å². The number of benzene rings is 1. The standard InChI is InChI=1S/C15H16N2O4/c1-8-3-4-9-10(7-8)14(20)17(13(9)19)11-5-6-12(18)16(2)15(11)21/h3-4,7,11,13,19H,5-6H2,1-2H3. The third kappa shape index (κ3) is 1.94. The lowest BCUT2D eigenvalue weighted by Crippen LogP contribution is -2.54. The number of imide groups is 1. The summed E-state index contributed by atoms with van der Waals surface area (Å²) >= 11 is 0. The van der Waals surface area contributed by atoms with Crippen LogP contribution >= 0.6 is 0 Å². The summed E-state index contributed by atoms with van der Waals surface area (Å²) in [7, 11) is 1.40. The van der Waals surface area contributed by atoms with Crippen LogP contribution in [0.2, 0.25) is 0 Å². The van der Waals surface area contributed by atoms with E-state index in [1.807, 2.05) is 13.0 Å². The maximum atomic E-state index is 12.5. The van der Waals surface area contributed by atoms with Gasteiger partial charge < -0.3 is 5.11 Å². The van der Waals surface area contributed by atoms with Crippen LogP contribution in [0.5, 0.6) is 0 Å². The molecule has 2 aliphatic heterocycles. The second-order valence-corrected chi connectivity index (χ2v) is 5.52. The Kier molecular flexibility index (Phi) is 3.06. The van der Waals surface area contributed by atoms with E-state index < -0.39 is 18.2 Å². The van der Waals surface area contributed by atoms with Crippen molar-refractivity contribution in [3.8, 4) is 0 Å². The largest absolute Gasteiger partial charge is 0.369 e. The fourth-order valence-electron chi connectivity index (χ4n) is 2.95. The molecule has 21 heavy (non-hydrogen) atoms. The first kappa shape index (κ1) is 13.8. The van der Waals surface area contributed by atoms with Gasteiger partial charge in [0, 0.05) is 24.6 Å². The van der Waals surface area contributed by atoms with Gasteiger partial charge in [0.1, 0.15) is 6.04 Å². The molecule has 6 nitrogen and oxygen atoms in total. The Hall–Kier alpha value is -2.21. The van der Waals surface area contributed by atoms with Crippen molar-refractivity contribution in [1.29, 1.82) is 0 Å². The highest BCUT2D eigenvalue weighted by atomic mass is 16.3. The first-order valence-corrected chi connectivity index (χ1v) is 6.83. The zero-order valence-corrected chi connectivity index (χ0v) is 11.9. The van der Waals surface area contributed by atoms with E-state index in [1.165, 1.54) is 11.9 Å². The number of amides is 3. The molecule has 6 heteroatoms. The number of fused-ring (bicyclic) bond motifs is 1. The van der Waals surface area contributed by atoms with E-state index in [2.05, 4.69) is 0 Å². The van der Waals surface area contributed by atoms with Crippen molar-refractivity contribution in [3.05, 3.63) is 34.9 Å². The molecule has 3 rings (SSSR count). The molecule has 1 fully saturated rings. The van der Waals surface area contributed by atoms with Crippen molar-refractivity contribution in [3.63, 3.8) is 0 Å². The van der Waals surface area contributed by atoms with Crippen molar-refractivity contribution in [2.24, 2.45) is 0 Å². The number of piperidine rings is 1. The third-order valence-corrected chi connectivity index (χ3v) is 4.17. The second kappa shape index (κ2) is 4.66. The first-order chi connectivity index (χ1) is 9.91. The first-order valence-electron chi connectivity index (χ1n) is 6.83. The zero-order chi connectivity index (χ0) is 15.3. The average molecular weight is 288 g/mol. The van der Waals surface area contributed by atoms with Crippen LogP contribution in [0, 0.1) is 6.92 Å². The zero-order valence-electron chi connectivity index (χ0n) is 11.9. The van der Waals surface area contributed by atoms with Gasteiger partial charge in [-0.05, 0) is 19.4 Å². The van der Waals surface area contributed by atoms with E-state index in [1.54, 1.807) is 12.1 Å². The molecule has 1 aromatic carbocycles. The lowest BCUT2D eigenvalue weighted by molar-refractivity contribution is -0.153. The van der Waals surface area contributed by atoms with E-state index in [9.17, 15) is 19.5 Å². The number of carbonyl (C=O) groups excluding carboxylic acids is 3. The average Bonchev–Trinajstić information content (AvgIpc) is 2.69. The summed E-state index contributed by atoms with van der Waals surface area (Å²) in [4.78, 5) is 38.5. The van der Waals surface area contributed by atoms with Crippen LogP contribution in [0.4, 0.5) is 0 Å². The van der Waals surface area contributed by atoms with Gasteiger partial charge in [0.05, 0.1) is 0 Å². The summed E-state index contributed by atoms with van der Waals surface area (Å²) < 4.78 is 0. The number of likely N-dealkylation sites (N-methyl/N-ethyl adjacent to an activating group) is 1. The van der Waals surface area contributed by atoms with Crippen LogP contribution in [0.1, 0.15) is 40.6 Å². The van der Waals surface area contributed by atoms with Crippen LogP contribution in [0.25, 0.3) is 0 Å². The predicted molar refractivity (Wildman–Crippen MR) is 73.1 cm³/mol. The van der Waals surface area contributed by atoms with Crippen LogP contribution in [0.3, 0.4) is 0 Å². The summed E-state index contributed by atoms with van der Waals surface area (Å²) in [5, 5.41) is 10.4. The highest BCUT2D eigenvalue weighted by Gasteiger charge is 2.45. The molecule has 0 aromatic heterocycles. The van der Waals surface area contributed by atoms with E-state index >= 15 is 0 Å². The Labute approximate surface area is 122 Å². The number of likely N-dealkylation sites (tertiary alicyclic amines) is 1. The van der Waals surface area contributed by atoms with Crippen molar-refractivity contribution in [1.82, 2.24) is 9.80 Å². The van der Waals surface area contributed by atoms with Gasteiger partial charge in [-0.3, -0.25) is 24.2 Å². The number of aliphatic hydroxyl groups is 1. The maximum absolute atomic E-state index is 12.5. The molecule has 0 radical (unpaired) electrons. The summed E-state index contributed by atoms with van der Waals surface area (Å²) in [6, 6.07) is 4.44. The van der Waals surface area contributed by atoms with Gasteiger partial charge in [-0.15, -0.1) is 0 Å². The Morgan fingerprint density at radius 1 is 1.24 bits per heavy atom. The maximum Gasteiger partial charge on any atom is 0.257 e. The Morgan fingerprint density at radius 3 is 2.67 bits per heavy atom. The molecule has 1 saturated heterocycles. The highest BCUT2D eigenvalue weighted by Crippen LogP contribution is 2.36. The number of aliphatic hydroxyl groups excluding tert-OH is 1. The minimum Gasteiger partial charge on any atom is -0.369 e. The minimum atomic E-state index is -1.14. The molecule has 1 N–H and O–H groups in total. The summed E-state index contributed by atoms with van der Waals surface area (Å²) in [6.45, 7) is 1.86. The van der Waals surface area contributed by atoms with Crippen LogP contribution < -0.4 is 0 Å². The molecule has 2 unspecified atom stereocenters. The number of nitrogens with zero attached hydrogens (tertiary/aromatic N) is 2. The van der Waals surface area contributed by atoms with Gasteiger partial charge in [-0.1, -0.05) is 17.7 Å². The van der Waals surface area contributed by atoms with Gasteiger partial charge in [-0.2, -0.15) is 0 Å². The predicted octanol–water partition coefficient (Wildman–Crippen LogP) is 0.589. The molecule has 2 aliphatic rings. The normalized spacial score (nSPS) is 25.6. The molecule has 0 aliphatic carbocycles. The quantitative estimate of drug-likeness (QED) is 0.767. The van der Waals surface area contributed by atoms with Crippen molar-refractivity contribution >= 4 is 17.7 Å². The Balaban J connectivity index is 1.96. The molecule has 3 amide bonds. The monoisotopic (exact) mass is 288 g/mol. The van der Waals surface area contributed by atoms with Gasteiger partial charge in [-0.25, -0.2) is 0 Å². The fourth-order valence-corrected chi connectivity index (χ4v) is 2.95. The topological polar surface area (TPSA) is 77.9 Å². The number of carbonyl (C=O) groups is 3. The third-order valence-electron chi connectivity index (χ3n) is 4.17. The number of aryl methyl sites for hydroxylation is 1. The number of rotatable bonds is 1. The van der Waals surface area contributed by atoms with Crippen molar-refractivity contribution in [2.45, 2.75) is 32.0 Å². The molecular formula is C15H16N2O4. The van der Waals surface area contributed by atoms with Crippen molar-refractivity contribution < 1.29 is 19.5 Å².